The van der Waals surface area contributed by atoms with Gasteiger partial charge < -0.3 is 5.32 Å². The van der Waals surface area contributed by atoms with Gasteiger partial charge in [-0.15, -0.1) is 0 Å². The van der Waals surface area contributed by atoms with Crippen LogP contribution in [0.4, 0.5) is 0 Å². The lowest BCUT2D eigenvalue weighted by Crippen LogP contribution is -2.29. The Morgan fingerprint density at radius 2 is 2.00 bits per heavy atom. The number of pyridine rings is 1. The van der Waals surface area contributed by atoms with Gasteiger partial charge in [0.25, 0.3) is 5.91 Å². The van der Waals surface area contributed by atoms with Gasteiger partial charge >= 0.3 is 0 Å². The molecule has 1 amide bonds. The number of aromatic nitrogens is 1. The number of amides is 1. The molecule has 0 saturated carbocycles. The summed E-state index contributed by atoms with van der Waals surface area (Å²) >= 11 is 0. The van der Waals surface area contributed by atoms with Crippen LogP contribution in [0.15, 0.2) is 36.5 Å². The normalized spacial score (nSPS) is 10.9. The standard InChI is InChI=1S/C16H20N2O/c1-3-12(4-2)11-18-16(19)14-7-5-9-15-13(14)8-6-10-17-15/h5-10,12H,3-4,11H2,1-2H3,(H,18,19). The highest BCUT2D eigenvalue weighted by molar-refractivity contribution is 6.06. The first-order chi connectivity index (χ1) is 9.26. The molecule has 2 rings (SSSR count). The van der Waals surface area contributed by atoms with E-state index in [0.29, 0.717) is 11.5 Å². The van der Waals surface area contributed by atoms with E-state index in [0.717, 1.165) is 30.3 Å². The maximum Gasteiger partial charge on any atom is 0.251 e. The molecule has 100 valence electrons. The molecule has 0 bridgehead atoms. The molecule has 0 atom stereocenters. The number of hydrogen-bond acceptors (Lipinski definition) is 2. The molecule has 3 heteroatoms. The lowest BCUT2D eigenvalue weighted by atomic mass is 10.0. The lowest BCUT2D eigenvalue weighted by molar-refractivity contribution is 0.0948. The third kappa shape index (κ3) is 3.11. The van der Waals surface area contributed by atoms with E-state index in [4.69, 9.17) is 0 Å². The van der Waals surface area contributed by atoms with Crippen LogP contribution in [-0.4, -0.2) is 17.4 Å². The van der Waals surface area contributed by atoms with E-state index in [2.05, 4.69) is 24.1 Å². The summed E-state index contributed by atoms with van der Waals surface area (Å²) in [6.45, 7) is 5.05. The van der Waals surface area contributed by atoms with Crippen molar-refractivity contribution in [1.82, 2.24) is 10.3 Å². The Kier molecular flexibility index (Phi) is 4.50. The van der Waals surface area contributed by atoms with E-state index in [1.807, 2.05) is 30.3 Å². The van der Waals surface area contributed by atoms with Crippen molar-refractivity contribution in [2.45, 2.75) is 26.7 Å². The average molecular weight is 256 g/mol. The van der Waals surface area contributed by atoms with E-state index in [-0.39, 0.29) is 5.91 Å². The highest BCUT2D eigenvalue weighted by Crippen LogP contribution is 2.16. The molecule has 19 heavy (non-hydrogen) atoms. The van der Waals surface area contributed by atoms with Gasteiger partial charge in [-0.2, -0.15) is 0 Å². The van der Waals surface area contributed by atoms with Crippen molar-refractivity contribution in [3.8, 4) is 0 Å². The largest absolute Gasteiger partial charge is 0.352 e. The van der Waals surface area contributed by atoms with Crippen LogP contribution in [0, 0.1) is 5.92 Å². The third-order valence-corrected chi connectivity index (χ3v) is 3.60. The van der Waals surface area contributed by atoms with E-state index in [9.17, 15) is 4.79 Å². The quantitative estimate of drug-likeness (QED) is 0.890. The van der Waals surface area contributed by atoms with E-state index in [1.165, 1.54) is 0 Å². The monoisotopic (exact) mass is 256 g/mol. The fraction of sp³-hybridized carbons (Fsp3) is 0.375. The second-order valence-corrected chi connectivity index (χ2v) is 4.77. The molecule has 0 aliphatic rings. The second-order valence-electron chi connectivity index (χ2n) is 4.77. The molecule has 0 saturated heterocycles. The number of fused-ring (bicyclic) bond motifs is 1. The Bertz CT molecular complexity index is 556. The summed E-state index contributed by atoms with van der Waals surface area (Å²) in [6.07, 6.45) is 3.93. The van der Waals surface area contributed by atoms with Gasteiger partial charge in [-0.1, -0.05) is 38.8 Å². The van der Waals surface area contributed by atoms with Crippen LogP contribution >= 0.6 is 0 Å². The first-order valence-electron chi connectivity index (χ1n) is 6.88. The van der Waals surface area contributed by atoms with Crippen molar-refractivity contribution < 1.29 is 4.79 Å². The van der Waals surface area contributed by atoms with Crippen LogP contribution in [0.5, 0.6) is 0 Å². The van der Waals surface area contributed by atoms with Crippen LogP contribution in [0.3, 0.4) is 0 Å². The SMILES string of the molecule is CCC(CC)CNC(=O)c1cccc2ncccc12. The molecule has 1 aromatic carbocycles. The zero-order valence-electron chi connectivity index (χ0n) is 11.5. The average Bonchev–Trinajstić information content (AvgIpc) is 2.47. The summed E-state index contributed by atoms with van der Waals surface area (Å²) < 4.78 is 0. The predicted molar refractivity (Wildman–Crippen MR) is 78.1 cm³/mol. The summed E-state index contributed by atoms with van der Waals surface area (Å²) in [7, 11) is 0. The highest BCUT2D eigenvalue weighted by atomic mass is 16.1. The Morgan fingerprint density at radius 1 is 1.21 bits per heavy atom. The predicted octanol–water partition coefficient (Wildman–Crippen LogP) is 3.40. The van der Waals surface area contributed by atoms with Crippen molar-refractivity contribution in [3.05, 3.63) is 42.1 Å². The molecule has 0 fully saturated rings. The lowest BCUT2D eigenvalue weighted by Gasteiger charge is -2.13. The van der Waals surface area contributed by atoms with E-state index >= 15 is 0 Å². The summed E-state index contributed by atoms with van der Waals surface area (Å²) in [6, 6.07) is 9.45. The fourth-order valence-electron chi connectivity index (χ4n) is 2.21. The summed E-state index contributed by atoms with van der Waals surface area (Å²) in [5.74, 6) is 0.544. The van der Waals surface area contributed by atoms with Crippen LogP contribution in [-0.2, 0) is 0 Å². The minimum atomic E-state index is -0.00880. The molecule has 1 aromatic heterocycles. The van der Waals surface area contributed by atoms with Crippen molar-refractivity contribution in [1.29, 1.82) is 0 Å². The molecular weight excluding hydrogens is 236 g/mol. The Labute approximate surface area is 114 Å². The third-order valence-electron chi connectivity index (χ3n) is 3.60. The van der Waals surface area contributed by atoms with Crippen molar-refractivity contribution in [2.24, 2.45) is 5.92 Å². The van der Waals surface area contributed by atoms with Gasteiger partial charge in [0.2, 0.25) is 0 Å². The minimum Gasteiger partial charge on any atom is -0.352 e. The van der Waals surface area contributed by atoms with Crippen molar-refractivity contribution in [2.75, 3.05) is 6.54 Å². The minimum absolute atomic E-state index is 0.00880. The molecule has 2 aromatic rings. The summed E-state index contributed by atoms with van der Waals surface area (Å²) in [4.78, 5) is 16.5. The fourth-order valence-corrected chi connectivity index (χ4v) is 2.21. The molecule has 0 aliphatic heterocycles. The number of hydrogen-bond donors (Lipinski definition) is 1. The molecule has 1 heterocycles. The van der Waals surface area contributed by atoms with Gasteiger partial charge in [0, 0.05) is 23.7 Å². The number of carbonyl (C=O) groups is 1. The summed E-state index contributed by atoms with van der Waals surface area (Å²) in [5, 5.41) is 3.94. The first-order valence-corrected chi connectivity index (χ1v) is 6.88. The number of nitrogens with one attached hydrogen (secondary N) is 1. The Morgan fingerprint density at radius 3 is 2.74 bits per heavy atom. The van der Waals surface area contributed by atoms with Crippen LogP contribution in [0.1, 0.15) is 37.0 Å². The number of rotatable bonds is 5. The molecular formula is C16H20N2O. The zero-order valence-corrected chi connectivity index (χ0v) is 11.5. The molecule has 0 spiro atoms. The number of nitrogens with zero attached hydrogens (tertiary/aromatic N) is 1. The molecule has 1 N–H and O–H groups in total. The maximum absolute atomic E-state index is 12.3. The first kappa shape index (κ1) is 13.5. The zero-order chi connectivity index (χ0) is 13.7. The Balaban J connectivity index is 2.17. The molecule has 3 nitrogen and oxygen atoms in total. The van der Waals surface area contributed by atoms with E-state index in [1.54, 1.807) is 6.20 Å². The van der Waals surface area contributed by atoms with Crippen molar-refractivity contribution >= 4 is 16.8 Å². The van der Waals surface area contributed by atoms with Gasteiger partial charge in [-0.3, -0.25) is 9.78 Å². The van der Waals surface area contributed by atoms with Gasteiger partial charge in [-0.25, -0.2) is 0 Å². The number of carbonyl (C=O) groups excluding carboxylic acids is 1. The van der Waals surface area contributed by atoms with Crippen LogP contribution in [0.2, 0.25) is 0 Å². The van der Waals surface area contributed by atoms with E-state index < -0.39 is 0 Å². The Hall–Kier alpha value is -1.90. The van der Waals surface area contributed by atoms with Crippen molar-refractivity contribution in [3.63, 3.8) is 0 Å². The summed E-state index contributed by atoms with van der Waals surface area (Å²) in [5.41, 5.74) is 1.56. The second kappa shape index (κ2) is 6.32. The maximum atomic E-state index is 12.3. The smallest absolute Gasteiger partial charge is 0.251 e. The molecule has 0 aliphatic carbocycles. The number of benzene rings is 1. The molecule has 0 radical (unpaired) electrons. The van der Waals surface area contributed by atoms with Gasteiger partial charge in [0.1, 0.15) is 0 Å². The van der Waals surface area contributed by atoms with Gasteiger partial charge in [0.15, 0.2) is 0 Å². The topological polar surface area (TPSA) is 42.0 Å². The van der Waals surface area contributed by atoms with Gasteiger partial charge in [0.05, 0.1) is 5.52 Å². The van der Waals surface area contributed by atoms with Gasteiger partial charge in [-0.05, 0) is 24.1 Å². The highest BCUT2D eigenvalue weighted by Gasteiger charge is 2.11. The van der Waals surface area contributed by atoms with Crippen LogP contribution < -0.4 is 5.32 Å². The molecule has 0 unspecified atom stereocenters. The van der Waals surface area contributed by atoms with Crippen LogP contribution in [0.25, 0.3) is 10.9 Å².